The average Bonchev–Trinajstić information content (AvgIpc) is 2.80. The largest absolute Gasteiger partial charge is 0.465 e. The summed E-state index contributed by atoms with van der Waals surface area (Å²) >= 11 is 0. The average molecular weight is 467 g/mol. The zero-order valence-electron chi connectivity index (χ0n) is 17.8. The Morgan fingerprint density at radius 2 is 1.72 bits per heavy atom. The molecule has 1 heterocycles. The molecule has 1 amide bonds. The van der Waals surface area contributed by atoms with Gasteiger partial charge in [-0.25, -0.2) is 22.0 Å². The summed E-state index contributed by atoms with van der Waals surface area (Å²) in [6.07, 6.45) is 0.557. The second kappa shape index (κ2) is 9.74. The fourth-order valence-electron chi connectivity index (χ4n) is 3.68. The standard InChI is InChI=1S/C22H24F2N2O5S/c1-25(14-15-3-5-17(6-4-15)22(28)31-2)21(27)16-9-11-26(12-10-16)32(29,30)20-13-18(23)7-8-19(20)24/h3-8,13,16H,9-12,14H2,1-2H3. The number of amides is 1. The molecule has 0 saturated carbocycles. The molecule has 172 valence electrons. The van der Waals surface area contributed by atoms with E-state index in [2.05, 4.69) is 4.74 Å². The Morgan fingerprint density at radius 1 is 1.09 bits per heavy atom. The number of nitrogens with zero attached hydrogens (tertiary/aromatic N) is 2. The molecule has 0 N–H and O–H groups in total. The van der Waals surface area contributed by atoms with Gasteiger partial charge in [-0.1, -0.05) is 12.1 Å². The Bertz CT molecular complexity index is 1100. The molecule has 0 aromatic heterocycles. The van der Waals surface area contributed by atoms with Crippen LogP contribution in [0.25, 0.3) is 0 Å². The van der Waals surface area contributed by atoms with Gasteiger partial charge in [-0.2, -0.15) is 4.31 Å². The van der Waals surface area contributed by atoms with Gasteiger partial charge in [0.1, 0.15) is 16.5 Å². The summed E-state index contributed by atoms with van der Waals surface area (Å²) in [6, 6.07) is 9.02. The quantitative estimate of drug-likeness (QED) is 0.612. The van der Waals surface area contributed by atoms with Gasteiger partial charge < -0.3 is 9.64 Å². The molecule has 32 heavy (non-hydrogen) atoms. The maximum atomic E-state index is 14.0. The summed E-state index contributed by atoms with van der Waals surface area (Å²) in [5.41, 5.74) is 1.24. The fraction of sp³-hybridized carbons (Fsp3) is 0.364. The minimum absolute atomic E-state index is 0.0381. The van der Waals surface area contributed by atoms with Crippen LogP contribution >= 0.6 is 0 Å². The summed E-state index contributed by atoms with van der Waals surface area (Å²) in [6.45, 7) is 0.403. The number of esters is 1. The first-order valence-electron chi connectivity index (χ1n) is 10.0. The fourth-order valence-corrected chi connectivity index (χ4v) is 5.23. The molecule has 10 heteroatoms. The van der Waals surface area contributed by atoms with Crippen LogP contribution in [0.2, 0.25) is 0 Å². The summed E-state index contributed by atoms with van der Waals surface area (Å²) < 4.78 is 58.5. The van der Waals surface area contributed by atoms with Crippen LogP contribution in [0.15, 0.2) is 47.4 Å². The van der Waals surface area contributed by atoms with Crippen LogP contribution in [0.1, 0.15) is 28.8 Å². The number of rotatable bonds is 6. The van der Waals surface area contributed by atoms with E-state index in [0.29, 0.717) is 18.2 Å². The third kappa shape index (κ3) is 5.13. The SMILES string of the molecule is COC(=O)c1ccc(CN(C)C(=O)C2CCN(S(=O)(=O)c3cc(F)ccc3F)CC2)cc1. The van der Waals surface area contributed by atoms with Crippen molar-refractivity contribution in [2.45, 2.75) is 24.3 Å². The minimum Gasteiger partial charge on any atom is -0.465 e. The first kappa shape index (κ1) is 23.8. The number of hydrogen-bond acceptors (Lipinski definition) is 5. The van der Waals surface area contributed by atoms with Crippen LogP contribution in [0.4, 0.5) is 8.78 Å². The minimum atomic E-state index is -4.19. The Morgan fingerprint density at radius 3 is 2.31 bits per heavy atom. The van der Waals surface area contributed by atoms with Gasteiger partial charge in [0.25, 0.3) is 0 Å². The topological polar surface area (TPSA) is 84.0 Å². The highest BCUT2D eigenvalue weighted by Crippen LogP contribution is 2.27. The molecule has 0 unspecified atom stereocenters. The van der Waals surface area contributed by atoms with Crippen molar-refractivity contribution in [3.8, 4) is 0 Å². The second-order valence-electron chi connectivity index (χ2n) is 7.64. The van der Waals surface area contributed by atoms with Gasteiger partial charge in [-0.15, -0.1) is 0 Å². The Balaban J connectivity index is 1.60. The number of piperidine rings is 1. The number of sulfonamides is 1. The van der Waals surface area contributed by atoms with Crippen LogP contribution in [0, 0.1) is 17.6 Å². The molecule has 0 spiro atoms. The van der Waals surface area contributed by atoms with Gasteiger partial charge in [-0.3, -0.25) is 4.79 Å². The summed E-state index contributed by atoms with van der Waals surface area (Å²) in [4.78, 5) is 25.2. The highest BCUT2D eigenvalue weighted by molar-refractivity contribution is 7.89. The van der Waals surface area contributed by atoms with Crippen LogP contribution in [0.3, 0.4) is 0 Å². The monoisotopic (exact) mass is 466 g/mol. The van der Waals surface area contributed by atoms with Crippen molar-refractivity contribution in [2.24, 2.45) is 5.92 Å². The Labute approximate surface area is 185 Å². The van der Waals surface area contributed by atoms with Crippen molar-refractivity contribution in [3.63, 3.8) is 0 Å². The molecule has 3 rings (SSSR count). The maximum absolute atomic E-state index is 14.0. The molecule has 2 aromatic rings. The third-order valence-corrected chi connectivity index (χ3v) is 7.40. The van der Waals surface area contributed by atoms with Crippen molar-refractivity contribution in [2.75, 3.05) is 27.2 Å². The predicted octanol–water partition coefficient (Wildman–Crippen LogP) is 2.81. The first-order valence-corrected chi connectivity index (χ1v) is 11.4. The van der Waals surface area contributed by atoms with Crippen LogP contribution in [-0.2, 0) is 26.1 Å². The second-order valence-corrected chi connectivity index (χ2v) is 9.54. The van der Waals surface area contributed by atoms with E-state index in [9.17, 15) is 26.8 Å². The highest BCUT2D eigenvalue weighted by atomic mass is 32.2. The van der Waals surface area contributed by atoms with E-state index >= 15 is 0 Å². The molecule has 0 aliphatic carbocycles. The normalized spacial score (nSPS) is 15.4. The van der Waals surface area contributed by atoms with Crippen molar-refractivity contribution in [1.29, 1.82) is 0 Å². The van der Waals surface area contributed by atoms with Crippen molar-refractivity contribution in [1.82, 2.24) is 9.21 Å². The van der Waals surface area contributed by atoms with E-state index in [1.165, 1.54) is 7.11 Å². The number of carbonyl (C=O) groups is 2. The lowest BCUT2D eigenvalue weighted by Crippen LogP contribution is -2.43. The van der Waals surface area contributed by atoms with Gasteiger partial charge in [0.05, 0.1) is 12.7 Å². The summed E-state index contributed by atoms with van der Waals surface area (Å²) in [5, 5.41) is 0. The molecule has 1 aliphatic heterocycles. The lowest BCUT2D eigenvalue weighted by Gasteiger charge is -2.32. The molecule has 2 aromatic carbocycles. The Hall–Kier alpha value is -2.85. The number of methoxy groups -OCH3 is 1. The van der Waals surface area contributed by atoms with Crippen molar-refractivity contribution in [3.05, 3.63) is 65.2 Å². The molecule has 7 nitrogen and oxygen atoms in total. The Kier molecular flexibility index (Phi) is 7.25. The number of carbonyl (C=O) groups excluding carboxylic acids is 2. The molecular formula is C22H24F2N2O5S. The van der Waals surface area contributed by atoms with Gasteiger partial charge in [0.2, 0.25) is 15.9 Å². The van der Waals surface area contributed by atoms with E-state index in [1.54, 1.807) is 36.2 Å². The number of hydrogen-bond donors (Lipinski definition) is 0. The molecule has 0 atom stereocenters. The van der Waals surface area contributed by atoms with Gasteiger partial charge in [0.15, 0.2) is 0 Å². The lowest BCUT2D eigenvalue weighted by molar-refractivity contribution is -0.135. The van der Waals surface area contributed by atoms with E-state index in [4.69, 9.17) is 0 Å². The summed E-state index contributed by atoms with van der Waals surface area (Å²) in [7, 11) is -1.24. The molecule has 1 fully saturated rings. The van der Waals surface area contributed by atoms with Gasteiger partial charge in [-0.05, 0) is 48.7 Å². The molecule has 0 bridgehead atoms. The molecule has 1 aliphatic rings. The van der Waals surface area contributed by atoms with E-state index in [-0.39, 0.29) is 37.8 Å². The van der Waals surface area contributed by atoms with Crippen LogP contribution < -0.4 is 0 Å². The van der Waals surface area contributed by atoms with Crippen LogP contribution in [0.5, 0.6) is 0 Å². The zero-order chi connectivity index (χ0) is 23.5. The molecular weight excluding hydrogens is 442 g/mol. The number of ether oxygens (including phenoxy) is 1. The third-order valence-electron chi connectivity index (χ3n) is 5.49. The smallest absolute Gasteiger partial charge is 0.337 e. The van der Waals surface area contributed by atoms with E-state index < -0.39 is 32.5 Å². The van der Waals surface area contributed by atoms with Gasteiger partial charge in [0, 0.05) is 32.6 Å². The number of benzene rings is 2. The highest BCUT2D eigenvalue weighted by Gasteiger charge is 2.34. The van der Waals surface area contributed by atoms with Crippen molar-refractivity contribution < 1.29 is 31.5 Å². The van der Waals surface area contributed by atoms with E-state index in [0.717, 1.165) is 22.0 Å². The van der Waals surface area contributed by atoms with Gasteiger partial charge >= 0.3 is 5.97 Å². The van der Waals surface area contributed by atoms with Crippen LogP contribution in [-0.4, -0.2) is 56.7 Å². The summed E-state index contributed by atoms with van der Waals surface area (Å²) in [5.74, 6) is -2.80. The van der Waals surface area contributed by atoms with E-state index in [1.807, 2.05) is 0 Å². The first-order chi connectivity index (χ1) is 15.1. The maximum Gasteiger partial charge on any atom is 0.337 e. The predicted molar refractivity (Wildman–Crippen MR) is 112 cm³/mol. The molecule has 0 radical (unpaired) electrons. The number of halogens is 2. The zero-order valence-corrected chi connectivity index (χ0v) is 18.6. The van der Waals surface area contributed by atoms with Crippen molar-refractivity contribution >= 4 is 21.9 Å². The lowest BCUT2D eigenvalue weighted by atomic mass is 9.96. The molecule has 1 saturated heterocycles.